The summed E-state index contributed by atoms with van der Waals surface area (Å²) in [6.07, 6.45) is 5.00. The second kappa shape index (κ2) is 5.77. The van der Waals surface area contributed by atoms with Gasteiger partial charge in [-0.1, -0.05) is 11.6 Å². The molecule has 2 heterocycles. The van der Waals surface area contributed by atoms with Crippen LogP contribution in [-0.4, -0.2) is 53.6 Å². The molecule has 0 radical (unpaired) electrons. The average Bonchev–Trinajstić information content (AvgIpc) is 3.03. The number of urea groups is 1. The van der Waals surface area contributed by atoms with Crippen LogP contribution in [-0.2, 0) is 9.84 Å². The Morgan fingerprint density at radius 3 is 2.70 bits per heavy atom. The number of carbonyl (C=O) groups is 1. The molecule has 2 fully saturated rings. The largest absolute Gasteiger partial charge is 0.340 e. The van der Waals surface area contributed by atoms with Crippen LogP contribution in [0.4, 0.5) is 4.79 Å². The van der Waals surface area contributed by atoms with Crippen LogP contribution in [0.2, 0.25) is 0 Å². The van der Waals surface area contributed by atoms with E-state index in [0.29, 0.717) is 31.1 Å². The highest BCUT2D eigenvalue weighted by atomic mass is 32.2. The molecule has 0 unspecified atom stereocenters. The summed E-state index contributed by atoms with van der Waals surface area (Å²) in [5.41, 5.74) is 0. The molecule has 1 N–H and O–H groups in total. The molecular weight excluding hydrogens is 320 g/mol. The predicted octanol–water partition coefficient (Wildman–Crippen LogP) is 1.19. The van der Waals surface area contributed by atoms with E-state index in [4.69, 9.17) is 4.52 Å². The SMILES string of the molecule is Cc1nc([C@H]2CCCN2C(=O)NCC2(S(C)(=O)=O)CCC2)no1. The van der Waals surface area contributed by atoms with Gasteiger partial charge < -0.3 is 14.7 Å². The Morgan fingerprint density at radius 2 is 2.17 bits per heavy atom. The van der Waals surface area contributed by atoms with Gasteiger partial charge >= 0.3 is 6.03 Å². The third kappa shape index (κ3) is 2.93. The smallest absolute Gasteiger partial charge is 0.318 e. The fourth-order valence-electron chi connectivity index (χ4n) is 3.32. The first-order chi connectivity index (χ1) is 10.8. The molecular formula is C14H22N4O4S. The van der Waals surface area contributed by atoms with Gasteiger partial charge in [0.05, 0.1) is 10.8 Å². The lowest BCUT2D eigenvalue weighted by Gasteiger charge is -2.40. The van der Waals surface area contributed by atoms with Crippen molar-refractivity contribution >= 4 is 15.9 Å². The van der Waals surface area contributed by atoms with Crippen LogP contribution in [0.3, 0.4) is 0 Å². The summed E-state index contributed by atoms with van der Waals surface area (Å²) in [7, 11) is -3.18. The summed E-state index contributed by atoms with van der Waals surface area (Å²) in [4.78, 5) is 18.4. The molecule has 1 aliphatic heterocycles. The molecule has 0 spiro atoms. The van der Waals surface area contributed by atoms with Crippen LogP contribution >= 0.6 is 0 Å². The minimum Gasteiger partial charge on any atom is -0.340 e. The van der Waals surface area contributed by atoms with E-state index in [1.54, 1.807) is 11.8 Å². The molecule has 1 atom stereocenters. The number of likely N-dealkylation sites (tertiary alicyclic amines) is 1. The Kier molecular flexibility index (Phi) is 4.07. The van der Waals surface area contributed by atoms with Crippen molar-refractivity contribution in [3.05, 3.63) is 11.7 Å². The van der Waals surface area contributed by atoms with Crippen molar-refractivity contribution in [3.63, 3.8) is 0 Å². The summed E-state index contributed by atoms with van der Waals surface area (Å²) >= 11 is 0. The van der Waals surface area contributed by atoms with Gasteiger partial charge in [0, 0.05) is 26.3 Å². The van der Waals surface area contributed by atoms with Gasteiger partial charge in [0.2, 0.25) is 5.89 Å². The molecule has 1 aromatic rings. The number of hydrogen-bond donors (Lipinski definition) is 1. The number of amides is 2. The number of nitrogens with one attached hydrogen (secondary N) is 1. The van der Waals surface area contributed by atoms with E-state index in [-0.39, 0.29) is 18.6 Å². The summed E-state index contributed by atoms with van der Waals surface area (Å²) in [5.74, 6) is 0.981. The standard InChI is InChI=1S/C14H22N4O4S/c1-10-16-12(17-22-10)11-5-3-8-18(11)13(19)15-9-14(6-4-7-14)23(2,20)21/h11H,3-9H2,1-2H3,(H,15,19)/t11-/m1/s1. The van der Waals surface area contributed by atoms with Gasteiger partial charge in [0.1, 0.15) is 0 Å². The van der Waals surface area contributed by atoms with E-state index in [1.165, 1.54) is 6.26 Å². The highest BCUT2D eigenvalue weighted by Crippen LogP contribution is 2.38. The number of rotatable bonds is 4. The van der Waals surface area contributed by atoms with Crippen molar-refractivity contribution in [2.75, 3.05) is 19.3 Å². The van der Waals surface area contributed by atoms with Crippen molar-refractivity contribution in [2.45, 2.75) is 49.8 Å². The second-order valence-electron chi connectivity index (χ2n) is 6.49. The molecule has 0 aromatic carbocycles. The van der Waals surface area contributed by atoms with Crippen LogP contribution < -0.4 is 5.32 Å². The molecule has 2 aliphatic rings. The fraction of sp³-hybridized carbons (Fsp3) is 0.786. The monoisotopic (exact) mass is 342 g/mol. The van der Waals surface area contributed by atoms with E-state index in [2.05, 4.69) is 15.5 Å². The Balaban J connectivity index is 1.66. The van der Waals surface area contributed by atoms with Crippen molar-refractivity contribution in [2.24, 2.45) is 0 Å². The van der Waals surface area contributed by atoms with Crippen molar-refractivity contribution in [3.8, 4) is 0 Å². The predicted molar refractivity (Wildman–Crippen MR) is 82.5 cm³/mol. The lowest BCUT2D eigenvalue weighted by molar-refractivity contribution is 0.186. The minimum absolute atomic E-state index is 0.166. The molecule has 1 aromatic heterocycles. The zero-order chi connectivity index (χ0) is 16.7. The van der Waals surface area contributed by atoms with Crippen LogP contribution in [0, 0.1) is 6.92 Å². The van der Waals surface area contributed by atoms with Gasteiger partial charge in [0.25, 0.3) is 0 Å². The van der Waals surface area contributed by atoms with Crippen LogP contribution in [0.1, 0.15) is 49.9 Å². The topological polar surface area (TPSA) is 105 Å². The summed E-state index contributed by atoms with van der Waals surface area (Å²) in [5, 5.41) is 6.70. The average molecular weight is 342 g/mol. The normalized spacial score (nSPS) is 23.6. The molecule has 9 heteroatoms. The fourth-order valence-corrected chi connectivity index (χ4v) is 4.68. The Hall–Kier alpha value is -1.64. The van der Waals surface area contributed by atoms with Gasteiger partial charge in [-0.15, -0.1) is 0 Å². The molecule has 8 nitrogen and oxygen atoms in total. The molecule has 3 rings (SSSR count). The molecule has 23 heavy (non-hydrogen) atoms. The highest BCUT2D eigenvalue weighted by molar-refractivity contribution is 7.92. The summed E-state index contributed by atoms with van der Waals surface area (Å²) < 4.78 is 28.1. The first kappa shape index (κ1) is 16.2. The van der Waals surface area contributed by atoms with E-state index >= 15 is 0 Å². The highest BCUT2D eigenvalue weighted by Gasteiger charge is 2.47. The van der Waals surface area contributed by atoms with Gasteiger partial charge in [-0.05, 0) is 25.7 Å². The first-order valence-corrected chi connectivity index (χ1v) is 9.76. The van der Waals surface area contributed by atoms with E-state index in [1.807, 2.05) is 0 Å². The van der Waals surface area contributed by atoms with Gasteiger partial charge in [-0.2, -0.15) is 4.98 Å². The van der Waals surface area contributed by atoms with Gasteiger partial charge in [0.15, 0.2) is 15.7 Å². The molecule has 1 aliphatic carbocycles. The third-order valence-electron chi connectivity index (χ3n) is 4.97. The molecule has 1 saturated heterocycles. The maximum Gasteiger partial charge on any atom is 0.318 e. The number of carbonyl (C=O) groups excluding carboxylic acids is 1. The number of sulfone groups is 1. The third-order valence-corrected chi connectivity index (χ3v) is 7.09. The quantitative estimate of drug-likeness (QED) is 0.881. The maximum atomic E-state index is 12.5. The summed E-state index contributed by atoms with van der Waals surface area (Å²) in [6, 6.07) is -0.465. The number of hydrogen-bond acceptors (Lipinski definition) is 6. The van der Waals surface area contributed by atoms with Gasteiger partial charge in [-0.3, -0.25) is 0 Å². The second-order valence-corrected chi connectivity index (χ2v) is 8.90. The van der Waals surface area contributed by atoms with E-state index in [9.17, 15) is 13.2 Å². The van der Waals surface area contributed by atoms with Gasteiger partial charge in [-0.25, -0.2) is 13.2 Å². The lowest BCUT2D eigenvalue weighted by atomic mass is 9.84. The zero-order valence-electron chi connectivity index (χ0n) is 13.4. The van der Waals surface area contributed by atoms with Crippen molar-refractivity contribution in [1.82, 2.24) is 20.4 Å². The summed E-state index contributed by atoms with van der Waals surface area (Å²) in [6.45, 7) is 2.48. The van der Waals surface area contributed by atoms with E-state index < -0.39 is 14.6 Å². The Labute approximate surface area is 135 Å². The van der Waals surface area contributed by atoms with Crippen molar-refractivity contribution in [1.29, 1.82) is 0 Å². The Morgan fingerprint density at radius 1 is 1.43 bits per heavy atom. The van der Waals surface area contributed by atoms with Crippen LogP contribution in [0.25, 0.3) is 0 Å². The minimum atomic E-state index is -3.18. The zero-order valence-corrected chi connectivity index (χ0v) is 14.2. The lowest BCUT2D eigenvalue weighted by Crippen LogP contribution is -2.55. The van der Waals surface area contributed by atoms with Crippen LogP contribution in [0.5, 0.6) is 0 Å². The molecule has 1 saturated carbocycles. The van der Waals surface area contributed by atoms with Crippen LogP contribution in [0.15, 0.2) is 4.52 Å². The van der Waals surface area contributed by atoms with Crippen molar-refractivity contribution < 1.29 is 17.7 Å². The van der Waals surface area contributed by atoms with E-state index in [0.717, 1.165) is 19.3 Å². The number of aromatic nitrogens is 2. The number of nitrogens with zero attached hydrogens (tertiary/aromatic N) is 3. The first-order valence-electron chi connectivity index (χ1n) is 7.87. The maximum absolute atomic E-state index is 12.5. The number of aryl methyl sites for hydroxylation is 1. The molecule has 128 valence electrons. The Bertz CT molecular complexity index is 695. The molecule has 0 bridgehead atoms. The molecule has 2 amide bonds.